The van der Waals surface area contributed by atoms with E-state index in [0.29, 0.717) is 24.8 Å². The average molecular weight is 263 g/mol. The molecule has 1 aliphatic heterocycles. The van der Waals surface area contributed by atoms with Crippen molar-refractivity contribution in [3.8, 4) is 0 Å². The highest BCUT2D eigenvalue weighted by atomic mass is 31.2. The van der Waals surface area contributed by atoms with Crippen LogP contribution in [-0.4, -0.2) is 28.5 Å². The molecule has 0 radical (unpaired) electrons. The Morgan fingerprint density at radius 1 is 1.29 bits per heavy atom. The number of nitrogens with one attached hydrogen (secondary N) is 1. The predicted octanol–water partition coefficient (Wildman–Crippen LogP) is 1.99. The zero-order valence-corrected chi connectivity index (χ0v) is 10.4. The summed E-state index contributed by atoms with van der Waals surface area (Å²) in [4.78, 5) is 19.9. The van der Waals surface area contributed by atoms with Crippen LogP contribution in [0.15, 0.2) is 0 Å². The van der Waals surface area contributed by atoms with E-state index in [-0.39, 0.29) is 0 Å². The molecule has 0 aromatic rings. The molecular formula is C10H18NO5P. The van der Waals surface area contributed by atoms with Gasteiger partial charge in [-0.3, -0.25) is 0 Å². The van der Waals surface area contributed by atoms with E-state index in [1.165, 1.54) is 6.42 Å². The zero-order chi connectivity index (χ0) is 12.5. The van der Waals surface area contributed by atoms with Gasteiger partial charge in [-0.15, -0.1) is 0 Å². The molecule has 0 bridgehead atoms. The second-order valence-electron chi connectivity index (χ2n) is 4.89. The van der Waals surface area contributed by atoms with Crippen molar-refractivity contribution in [2.45, 2.75) is 37.9 Å². The zero-order valence-electron chi connectivity index (χ0n) is 9.54. The van der Waals surface area contributed by atoms with Gasteiger partial charge in [0.15, 0.2) is 0 Å². The van der Waals surface area contributed by atoms with Crippen molar-refractivity contribution in [3.05, 3.63) is 0 Å². The van der Waals surface area contributed by atoms with Crippen LogP contribution >= 0.6 is 7.60 Å². The van der Waals surface area contributed by atoms with Gasteiger partial charge in [0, 0.05) is 0 Å². The first-order valence-electron chi connectivity index (χ1n) is 5.97. The van der Waals surface area contributed by atoms with Crippen LogP contribution in [0.1, 0.15) is 32.1 Å². The highest BCUT2D eigenvalue weighted by Crippen LogP contribution is 2.52. The normalized spacial score (nSPS) is 36.6. The maximum Gasteiger partial charge on any atom is 0.512 e. The molecule has 0 aromatic heterocycles. The first-order chi connectivity index (χ1) is 7.99. The first kappa shape index (κ1) is 12.9. The van der Waals surface area contributed by atoms with Crippen molar-refractivity contribution in [2.24, 2.45) is 11.8 Å². The number of rotatable bonds is 2. The minimum atomic E-state index is -4.10. The molecule has 1 heterocycles. The molecule has 7 heteroatoms. The Labute approximate surface area is 99.9 Å². The Hall–Kier alpha value is -0.580. The van der Waals surface area contributed by atoms with Crippen molar-refractivity contribution in [1.82, 2.24) is 5.32 Å². The summed E-state index contributed by atoms with van der Waals surface area (Å²) in [7, 11) is -4.10. The molecule has 2 fully saturated rings. The lowest BCUT2D eigenvalue weighted by molar-refractivity contribution is 0.127. The van der Waals surface area contributed by atoms with E-state index in [0.717, 1.165) is 19.3 Å². The maximum absolute atomic E-state index is 11.7. The van der Waals surface area contributed by atoms with Gasteiger partial charge < -0.3 is 19.8 Å². The average Bonchev–Trinajstić information content (AvgIpc) is 2.26. The van der Waals surface area contributed by atoms with Gasteiger partial charge in [-0.05, 0) is 31.2 Å². The van der Waals surface area contributed by atoms with E-state index in [4.69, 9.17) is 5.11 Å². The number of fused-ring (bicyclic) bond motifs is 1. The molecule has 0 aromatic carbocycles. The number of carboxylic acid groups (broad SMARTS) is 1. The number of hydrogen-bond acceptors (Lipinski definition) is 4. The molecular weight excluding hydrogens is 245 g/mol. The number of hydrogen-bond donors (Lipinski definition) is 3. The molecule has 0 spiro atoms. The minimum absolute atomic E-state index is 0.424. The maximum atomic E-state index is 11.7. The van der Waals surface area contributed by atoms with Crippen molar-refractivity contribution in [1.29, 1.82) is 0 Å². The monoisotopic (exact) mass is 263 g/mol. The molecule has 1 saturated carbocycles. The van der Waals surface area contributed by atoms with Crippen molar-refractivity contribution in [3.63, 3.8) is 0 Å². The molecule has 4 atom stereocenters. The Morgan fingerprint density at radius 2 is 1.94 bits per heavy atom. The fraction of sp³-hybridized carbons (Fsp3) is 0.900. The minimum Gasteiger partial charge on any atom is -0.449 e. The van der Waals surface area contributed by atoms with E-state index >= 15 is 0 Å². The Bertz CT molecular complexity index is 348. The largest absolute Gasteiger partial charge is 0.512 e. The third-order valence-electron chi connectivity index (χ3n) is 3.81. The highest BCUT2D eigenvalue weighted by molar-refractivity contribution is 7.54. The van der Waals surface area contributed by atoms with Gasteiger partial charge in [0.2, 0.25) is 0 Å². The molecule has 0 amide bonds. The quantitative estimate of drug-likeness (QED) is 0.659. The van der Waals surface area contributed by atoms with E-state index in [2.05, 4.69) is 9.84 Å². The van der Waals surface area contributed by atoms with Gasteiger partial charge in [0.1, 0.15) is 5.78 Å². The summed E-state index contributed by atoms with van der Waals surface area (Å²) >= 11 is 0. The molecule has 6 nitrogen and oxygen atoms in total. The molecule has 2 aliphatic rings. The van der Waals surface area contributed by atoms with Crippen LogP contribution in [-0.2, 0) is 9.09 Å². The number of piperidine rings is 1. The summed E-state index contributed by atoms with van der Waals surface area (Å²) < 4.78 is 15.9. The third-order valence-corrected chi connectivity index (χ3v) is 5.41. The summed E-state index contributed by atoms with van der Waals surface area (Å²) in [5.41, 5.74) is 0. The fourth-order valence-electron chi connectivity index (χ4n) is 2.95. The molecule has 98 valence electrons. The summed E-state index contributed by atoms with van der Waals surface area (Å²) in [5, 5.41) is 11.4. The second kappa shape index (κ2) is 4.96. The van der Waals surface area contributed by atoms with Gasteiger partial charge in [-0.1, -0.05) is 19.3 Å². The molecule has 3 N–H and O–H groups in total. The molecule has 17 heavy (non-hydrogen) atoms. The van der Waals surface area contributed by atoms with Crippen LogP contribution in [0.2, 0.25) is 0 Å². The van der Waals surface area contributed by atoms with Gasteiger partial charge >= 0.3 is 13.8 Å². The Balaban J connectivity index is 1.99. The molecule has 1 unspecified atom stereocenters. The smallest absolute Gasteiger partial charge is 0.449 e. The van der Waals surface area contributed by atoms with Gasteiger partial charge in [-0.2, -0.15) is 0 Å². The Morgan fingerprint density at radius 3 is 2.59 bits per heavy atom. The van der Waals surface area contributed by atoms with Crippen LogP contribution in [0.4, 0.5) is 4.79 Å². The van der Waals surface area contributed by atoms with Crippen LogP contribution in [0.5, 0.6) is 0 Å². The van der Waals surface area contributed by atoms with Gasteiger partial charge in [0.25, 0.3) is 0 Å². The fourth-order valence-corrected chi connectivity index (χ4v) is 4.17. The van der Waals surface area contributed by atoms with Crippen molar-refractivity contribution >= 4 is 13.8 Å². The summed E-state index contributed by atoms with van der Waals surface area (Å²) in [5.74, 6) is 0.246. The van der Waals surface area contributed by atoms with E-state index in [1.807, 2.05) is 0 Å². The highest BCUT2D eigenvalue weighted by Gasteiger charge is 2.42. The second-order valence-corrected chi connectivity index (χ2v) is 6.82. The van der Waals surface area contributed by atoms with E-state index in [9.17, 15) is 14.3 Å². The summed E-state index contributed by atoms with van der Waals surface area (Å²) in [6.45, 7) is 0.683. The van der Waals surface area contributed by atoms with Crippen molar-refractivity contribution < 1.29 is 23.9 Å². The lowest BCUT2D eigenvalue weighted by Gasteiger charge is -2.40. The summed E-state index contributed by atoms with van der Waals surface area (Å²) in [6.07, 6.45) is 3.43. The van der Waals surface area contributed by atoms with Crippen LogP contribution < -0.4 is 5.32 Å². The molecule has 1 aliphatic carbocycles. The third kappa shape index (κ3) is 3.00. The predicted molar refractivity (Wildman–Crippen MR) is 60.8 cm³/mol. The number of carbonyl (C=O) groups is 1. The van der Waals surface area contributed by atoms with Gasteiger partial charge in [-0.25, -0.2) is 9.36 Å². The molecule has 1 saturated heterocycles. The van der Waals surface area contributed by atoms with E-state index in [1.54, 1.807) is 0 Å². The van der Waals surface area contributed by atoms with Crippen LogP contribution in [0, 0.1) is 11.8 Å². The SMILES string of the molecule is O=C(O)OP(=O)(O)[C@@H]1C[C@@H]2CCCC[C@@H]2CN1. The first-order valence-corrected chi connectivity index (χ1v) is 7.62. The van der Waals surface area contributed by atoms with Gasteiger partial charge in [0.05, 0.1) is 0 Å². The van der Waals surface area contributed by atoms with Crippen molar-refractivity contribution in [2.75, 3.05) is 6.54 Å². The van der Waals surface area contributed by atoms with E-state index < -0.39 is 19.5 Å². The lowest BCUT2D eigenvalue weighted by Crippen LogP contribution is -2.45. The van der Waals surface area contributed by atoms with Crippen LogP contribution in [0.3, 0.4) is 0 Å². The topological polar surface area (TPSA) is 95.9 Å². The standard InChI is InChI=1S/C10H18NO5P/c12-10(13)16-17(14,15)9-5-7-3-1-2-4-8(7)6-11-9/h7-9,11H,1-6H2,(H,12,13)(H,14,15)/t7-,8+,9+/m0/s1. The molecule has 2 rings (SSSR count). The summed E-state index contributed by atoms with van der Waals surface area (Å²) in [6, 6.07) is 0. The lowest BCUT2D eigenvalue weighted by atomic mass is 9.75. The van der Waals surface area contributed by atoms with Crippen LogP contribution in [0.25, 0.3) is 0 Å². The Kier molecular flexibility index (Phi) is 3.76.